The van der Waals surface area contributed by atoms with Crippen molar-refractivity contribution < 1.29 is 4.74 Å². The molecule has 0 radical (unpaired) electrons. The summed E-state index contributed by atoms with van der Waals surface area (Å²) in [5.41, 5.74) is 5.76. The molecule has 1 aliphatic heterocycles. The third kappa shape index (κ3) is 11.2. The molecule has 5 heteroatoms. The molecule has 0 atom stereocenters. The van der Waals surface area contributed by atoms with Crippen LogP contribution in [0.2, 0.25) is 0 Å². The van der Waals surface area contributed by atoms with E-state index in [-0.39, 0.29) is 0 Å². The SMILES string of the molecule is C=C(C)SCc1ccc2ccccc2n1.CCCN1CCOCC1.CN=C(C)c1ccc(C)cc1. The summed E-state index contributed by atoms with van der Waals surface area (Å²) in [5.74, 6) is 0.903. The Morgan fingerprint density at radius 1 is 1.03 bits per heavy atom. The molecule has 0 bridgehead atoms. The van der Waals surface area contributed by atoms with Gasteiger partial charge in [0.25, 0.3) is 0 Å². The van der Waals surface area contributed by atoms with Crippen LogP contribution in [-0.4, -0.2) is 55.5 Å². The van der Waals surface area contributed by atoms with Gasteiger partial charge in [-0.05, 0) is 56.3 Å². The molecule has 0 unspecified atom stereocenters. The lowest BCUT2D eigenvalue weighted by Gasteiger charge is -2.25. The summed E-state index contributed by atoms with van der Waals surface area (Å²) in [5, 5.41) is 1.20. The highest BCUT2D eigenvalue weighted by molar-refractivity contribution is 8.02. The van der Waals surface area contributed by atoms with E-state index < -0.39 is 0 Å². The van der Waals surface area contributed by atoms with Crippen LogP contribution in [0.1, 0.15) is 44.0 Å². The summed E-state index contributed by atoms with van der Waals surface area (Å²) in [6.45, 7) is 17.6. The van der Waals surface area contributed by atoms with Gasteiger partial charge in [-0.25, -0.2) is 0 Å². The maximum absolute atomic E-state index is 5.20. The minimum atomic E-state index is 0.903. The van der Waals surface area contributed by atoms with E-state index in [2.05, 4.69) is 77.8 Å². The zero-order valence-corrected chi connectivity index (χ0v) is 22.9. The summed E-state index contributed by atoms with van der Waals surface area (Å²) in [6.07, 6.45) is 1.26. The number of ether oxygens (including phenoxy) is 1. The van der Waals surface area contributed by atoms with Crippen LogP contribution in [0.3, 0.4) is 0 Å². The van der Waals surface area contributed by atoms with Crippen molar-refractivity contribution in [2.24, 2.45) is 4.99 Å². The second kappa shape index (κ2) is 16.2. The van der Waals surface area contributed by atoms with Crippen LogP contribution in [0.5, 0.6) is 0 Å². The number of thioether (sulfide) groups is 1. The highest BCUT2D eigenvalue weighted by Gasteiger charge is 2.07. The number of rotatable bonds is 6. The molecule has 4 nitrogen and oxygen atoms in total. The lowest BCUT2D eigenvalue weighted by molar-refractivity contribution is 0.0380. The molecule has 3 aromatic rings. The van der Waals surface area contributed by atoms with Gasteiger partial charge in [0.2, 0.25) is 0 Å². The number of hydrogen-bond acceptors (Lipinski definition) is 5. The lowest BCUT2D eigenvalue weighted by atomic mass is 10.1. The van der Waals surface area contributed by atoms with Crippen LogP contribution in [0.4, 0.5) is 0 Å². The number of para-hydroxylation sites is 1. The lowest BCUT2D eigenvalue weighted by Crippen LogP contribution is -2.36. The van der Waals surface area contributed by atoms with Crippen molar-refractivity contribution in [2.45, 2.75) is 39.9 Å². The smallest absolute Gasteiger partial charge is 0.0705 e. The first-order chi connectivity index (χ1) is 16.9. The van der Waals surface area contributed by atoms with E-state index in [4.69, 9.17) is 4.74 Å². The van der Waals surface area contributed by atoms with Crippen molar-refractivity contribution in [1.82, 2.24) is 9.88 Å². The molecule has 1 aromatic heterocycles. The minimum absolute atomic E-state index is 0.903. The van der Waals surface area contributed by atoms with Crippen LogP contribution in [0.25, 0.3) is 10.9 Å². The highest BCUT2D eigenvalue weighted by Crippen LogP contribution is 2.19. The van der Waals surface area contributed by atoms with E-state index in [0.717, 1.165) is 53.9 Å². The Morgan fingerprint density at radius 3 is 2.34 bits per heavy atom. The molecule has 1 saturated heterocycles. The second-order valence-corrected chi connectivity index (χ2v) is 9.89. The molecule has 0 aliphatic carbocycles. The number of pyridine rings is 1. The van der Waals surface area contributed by atoms with Crippen LogP contribution in [-0.2, 0) is 10.5 Å². The van der Waals surface area contributed by atoms with Gasteiger partial charge in [-0.15, -0.1) is 11.8 Å². The van der Waals surface area contributed by atoms with Gasteiger partial charge in [0.1, 0.15) is 0 Å². The number of fused-ring (bicyclic) bond motifs is 1. The normalized spacial score (nSPS) is 13.9. The van der Waals surface area contributed by atoms with Crippen LogP contribution in [0.15, 0.2) is 77.1 Å². The molecule has 1 fully saturated rings. The van der Waals surface area contributed by atoms with E-state index in [0.29, 0.717) is 0 Å². The number of benzene rings is 2. The zero-order chi connectivity index (χ0) is 25.5. The Kier molecular flexibility index (Phi) is 13.4. The Balaban J connectivity index is 0.000000193. The fraction of sp³-hybridized carbons (Fsp3) is 0.400. The maximum Gasteiger partial charge on any atom is 0.0705 e. The van der Waals surface area contributed by atoms with Crippen LogP contribution in [0, 0.1) is 6.92 Å². The monoisotopic (exact) mass is 491 g/mol. The van der Waals surface area contributed by atoms with Crippen molar-refractivity contribution in [3.05, 3.63) is 89.0 Å². The molecule has 0 spiro atoms. The van der Waals surface area contributed by atoms with Gasteiger partial charge < -0.3 is 4.74 Å². The van der Waals surface area contributed by atoms with Crippen LogP contribution < -0.4 is 0 Å². The molecular weight excluding hydrogens is 450 g/mol. The maximum atomic E-state index is 5.20. The van der Waals surface area contributed by atoms with Gasteiger partial charge in [0.15, 0.2) is 0 Å². The topological polar surface area (TPSA) is 37.7 Å². The number of morpholine rings is 1. The molecule has 2 heterocycles. The Labute approximate surface area is 216 Å². The largest absolute Gasteiger partial charge is 0.379 e. The molecule has 0 N–H and O–H groups in total. The van der Waals surface area contributed by atoms with Crippen molar-refractivity contribution in [2.75, 3.05) is 39.9 Å². The molecule has 1 aliphatic rings. The number of nitrogens with zero attached hydrogens (tertiary/aromatic N) is 3. The number of hydrogen-bond donors (Lipinski definition) is 0. The number of aliphatic imine (C=N–C) groups is 1. The molecule has 2 aromatic carbocycles. The van der Waals surface area contributed by atoms with Gasteiger partial charge in [0, 0.05) is 37.0 Å². The quantitative estimate of drug-likeness (QED) is 0.343. The zero-order valence-electron chi connectivity index (χ0n) is 22.1. The molecular formula is C30H41N3OS. The van der Waals surface area contributed by atoms with Gasteiger partial charge in [0.05, 0.1) is 24.4 Å². The fourth-order valence-corrected chi connectivity index (χ4v) is 4.01. The van der Waals surface area contributed by atoms with Gasteiger partial charge >= 0.3 is 0 Å². The van der Waals surface area contributed by atoms with Crippen LogP contribution >= 0.6 is 11.8 Å². The third-order valence-electron chi connectivity index (χ3n) is 5.57. The number of aromatic nitrogens is 1. The van der Waals surface area contributed by atoms with Gasteiger partial charge in [-0.3, -0.25) is 14.9 Å². The third-order valence-corrected chi connectivity index (χ3v) is 6.50. The molecule has 4 rings (SSSR count). The number of aryl methyl sites for hydroxylation is 1. The summed E-state index contributed by atoms with van der Waals surface area (Å²) >= 11 is 1.74. The molecule has 35 heavy (non-hydrogen) atoms. The molecule has 188 valence electrons. The highest BCUT2D eigenvalue weighted by atomic mass is 32.2. The number of allylic oxidation sites excluding steroid dienone is 1. The molecule has 0 saturated carbocycles. The average molecular weight is 492 g/mol. The summed E-state index contributed by atoms with van der Waals surface area (Å²) in [6, 6.07) is 20.8. The Morgan fingerprint density at radius 2 is 1.71 bits per heavy atom. The Bertz CT molecular complexity index is 1050. The fourth-order valence-electron chi connectivity index (χ4n) is 3.45. The first kappa shape index (κ1) is 28.8. The minimum Gasteiger partial charge on any atom is -0.379 e. The average Bonchev–Trinajstić information content (AvgIpc) is 2.89. The van der Waals surface area contributed by atoms with Gasteiger partial charge in [-0.1, -0.05) is 67.6 Å². The standard InChI is InChI=1S/C13H13NS.C10H13N.C7H15NO/c1-10(2)15-9-12-8-7-11-5-3-4-6-13(11)14-12;1-8-4-6-10(7-5-8)9(2)11-3;1-2-3-8-4-6-9-7-5-8/h3-8H,1,9H2,2H3;4-7H,1-3H3;2-7H2,1H3. The summed E-state index contributed by atoms with van der Waals surface area (Å²) < 4.78 is 5.20. The van der Waals surface area contributed by atoms with E-state index in [9.17, 15) is 0 Å². The van der Waals surface area contributed by atoms with E-state index in [1.54, 1.807) is 11.8 Å². The van der Waals surface area contributed by atoms with E-state index >= 15 is 0 Å². The Hall–Kier alpha value is -2.47. The van der Waals surface area contributed by atoms with Crippen molar-refractivity contribution >= 4 is 28.4 Å². The van der Waals surface area contributed by atoms with Crippen molar-refractivity contribution in [1.29, 1.82) is 0 Å². The van der Waals surface area contributed by atoms with E-state index in [1.165, 1.54) is 29.5 Å². The second-order valence-electron chi connectivity index (χ2n) is 8.62. The van der Waals surface area contributed by atoms with Gasteiger partial charge in [-0.2, -0.15) is 0 Å². The van der Waals surface area contributed by atoms with E-state index in [1.807, 2.05) is 39.1 Å². The summed E-state index contributed by atoms with van der Waals surface area (Å²) in [7, 11) is 1.81. The molecule has 0 amide bonds. The first-order valence-electron chi connectivity index (χ1n) is 12.4. The summed E-state index contributed by atoms with van der Waals surface area (Å²) in [4.78, 5) is 12.3. The van der Waals surface area contributed by atoms with Crippen molar-refractivity contribution in [3.8, 4) is 0 Å². The van der Waals surface area contributed by atoms with Crippen molar-refractivity contribution in [3.63, 3.8) is 0 Å². The predicted octanol–water partition coefficient (Wildman–Crippen LogP) is 7.16. The predicted molar refractivity (Wildman–Crippen MR) is 155 cm³/mol. The first-order valence-corrected chi connectivity index (χ1v) is 13.3.